The van der Waals surface area contributed by atoms with Gasteiger partial charge in [-0.1, -0.05) is 42.5 Å². The smallest absolute Gasteiger partial charge is 0.314 e. The molecule has 2 aromatic rings. The summed E-state index contributed by atoms with van der Waals surface area (Å²) in [6, 6.07) is 15.5. The predicted octanol–water partition coefficient (Wildman–Crippen LogP) is 3.36. The fraction of sp³-hybridized carbons (Fsp3) is 0.278. The second kappa shape index (κ2) is 4.77. The lowest BCUT2D eigenvalue weighted by Gasteiger charge is -2.24. The van der Waals surface area contributed by atoms with Gasteiger partial charge in [0.15, 0.2) is 11.5 Å². The Kier molecular flexibility index (Phi) is 2.86. The molecule has 0 aliphatic carbocycles. The quantitative estimate of drug-likeness (QED) is 0.797. The molecule has 2 aromatic carbocycles. The van der Waals surface area contributed by atoms with E-state index in [4.69, 9.17) is 14.2 Å². The molecule has 1 fully saturated rings. The lowest BCUT2D eigenvalue weighted by Crippen LogP contribution is -2.21. The Hall–Kier alpha value is -2.49. The molecule has 2 atom stereocenters. The molecule has 0 radical (unpaired) electrons. The summed E-state index contributed by atoms with van der Waals surface area (Å²) in [7, 11) is 0. The van der Waals surface area contributed by atoms with Gasteiger partial charge in [-0.3, -0.25) is 4.79 Å². The Labute approximate surface area is 128 Å². The molecule has 0 N–H and O–H groups in total. The van der Waals surface area contributed by atoms with E-state index in [2.05, 4.69) is 0 Å². The van der Waals surface area contributed by atoms with Crippen LogP contribution in [-0.2, 0) is 15.1 Å². The number of carbonyl (C=O) groups excluding carboxylic acids is 1. The summed E-state index contributed by atoms with van der Waals surface area (Å²) in [5.74, 6) is 0.957. The molecular weight excluding hydrogens is 280 g/mol. The highest BCUT2D eigenvalue weighted by Gasteiger charge is 2.47. The van der Waals surface area contributed by atoms with Crippen molar-refractivity contribution in [3.8, 4) is 11.5 Å². The number of fused-ring (bicyclic) bond motifs is 1. The average molecular weight is 296 g/mol. The minimum absolute atomic E-state index is 0.190. The van der Waals surface area contributed by atoms with Crippen LogP contribution in [0.5, 0.6) is 11.5 Å². The molecule has 2 aliphatic rings. The van der Waals surface area contributed by atoms with Crippen molar-refractivity contribution in [2.24, 2.45) is 0 Å². The molecule has 0 amide bonds. The van der Waals surface area contributed by atoms with Gasteiger partial charge in [0, 0.05) is 12.0 Å². The third-order valence-corrected chi connectivity index (χ3v) is 4.37. The van der Waals surface area contributed by atoms with Crippen LogP contribution in [-0.4, -0.2) is 12.8 Å². The number of hydrogen-bond donors (Lipinski definition) is 0. The van der Waals surface area contributed by atoms with Gasteiger partial charge < -0.3 is 14.2 Å². The number of ether oxygens (including phenoxy) is 3. The normalized spacial score (nSPS) is 26.0. The molecule has 1 saturated heterocycles. The number of benzene rings is 2. The monoisotopic (exact) mass is 296 g/mol. The molecule has 4 nitrogen and oxygen atoms in total. The summed E-state index contributed by atoms with van der Waals surface area (Å²) >= 11 is 0. The molecule has 0 spiro atoms. The SMILES string of the molecule is C[C@@]1(c2cccc3c2OCO3)C[C@H](c2ccccc2)C(=O)O1. The molecule has 2 heterocycles. The van der Waals surface area contributed by atoms with Gasteiger partial charge in [-0.05, 0) is 18.6 Å². The molecule has 0 unspecified atom stereocenters. The van der Waals surface area contributed by atoms with Crippen LogP contribution in [0.3, 0.4) is 0 Å². The third kappa shape index (κ3) is 1.95. The number of hydrogen-bond acceptors (Lipinski definition) is 4. The first kappa shape index (κ1) is 13.2. The molecule has 22 heavy (non-hydrogen) atoms. The van der Waals surface area contributed by atoms with Crippen molar-refractivity contribution in [3.63, 3.8) is 0 Å². The molecule has 0 bridgehead atoms. The fourth-order valence-electron chi connectivity index (χ4n) is 3.26. The summed E-state index contributed by atoms with van der Waals surface area (Å²) in [6.45, 7) is 2.14. The second-order valence-corrected chi connectivity index (χ2v) is 5.86. The summed E-state index contributed by atoms with van der Waals surface area (Å²) in [6.07, 6.45) is 0.593. The van der Waals surface area contributed by atoms with Crippen molar-refractivity contribution in [3.05, 3.63) is 59.7 Å². The maximum absolute atomic E-state index is 12.4. The van der Waals surface area contributed by atoms with Crippen molar-refractivity contribution < 1.29 is 19.0 Å². The van der Waals surface area contributed by atoms with E-state index in [1.165, 1.54) is 0 Å². The zero-order valence-electron chi connectivity index (χ0n) is 12.2. The van der Waals surface area contributed by atoms with E-state index in [9.17, 15) is 4.79 Å². The Morgan fingerprint density at radius 1 is 1.05 bits per heavy atom. The molecule has 4 rings (SSSR count). The lowest BCUT2D eigenvalue weighted by atomic mass is 9.85. The summed E-state index contributed by atoms with van der Waals surface area (Å²) in [5.41, 5.74) is 1.16. The largest absolute Gasteiger partial charge is 0.454 e. The molecule has 0 aromatic heterocycles. The van der Waals surface area contributed by atoms with E-state index >= 15 is 0 Å². The Balaban J connectivity index is 1.72. The highest BCUT2D eigenvalue weighted by Crippen LogP contribution is 2.49. The van der Waals surface area contributed by atoms with Gasteiger partial charge in [-0.15, -0.1) is 0 Å². The number of carbonyl (C=O) groups is 1. The van der Waals surface area contributed by atoms with E-state index in [1.807, 2.05) is 55.5 Å². The maximum atomic E-state index is 12.4. The van der Waals surface area contributed by atoms with Crippen molar-refractivity contribution in [1.29, 1.82) is 0 Å². The Morgan fingerprint density at radius 2 is 1.86 bits per heavy atom. The zero-order valence-corrected chi connectivity index (χ0v) is 12.2. The van der Waals surface area contributed by atoms with Crippen molar-refractivity contribution >= 4 is 5.97 Å². The van der Waals surface area contributed by atoms with Gasteiger partial charge in [-0.2, -0.15) is 0 Å². The van der Waals surface area contributed by atoms with Crippen LogP contribution >= 0.6 is 0 Å². The van der Waals surface area contributed by atoms with Gasteiger partial charge in [0.05, 0.1) is 5.92 Å². The summed E-state index contributed by atoms with van der Waals surface area (Å²) < 4.78 is 16.7. The van der Waals surface area contributed by atoms with Crippen LogP contribution in [0.1, 0.15) is 30.4 Å². The number of esters is 1. The topological polar surface area (TPSA) is 44.8 Å². The van der Waals surface area contributed by atoms with E-state index in [0.29, 0.717) is 17.9 Å². The summed E-state index contributed by atoms with van der Waals surface area (Å²) in [5, 5.41) is 0. The van der Waals surface area contributed by atoms with Crippen LogP contribution < -0.4 is 9.47 Å². The molecule has 4 heteroatoms. The highest BCUT2D eigenvalue weighted by molar-refractivity contribution is 5.81. The number of cyclic esters (lactones) is 1. The van der Waals surface area contributed by atoms with Crippen molar-refractivity contribution in [2.75, 3.05) is 6.79 Å². The van der Waals surface area contributed by atoms with Gasteiger partial charge >= 0.3 is 5.97 Å². The third-order valence-electron chi connectivity index (χ3n) is 4.37. The van der Waals surface area contributed by atoms with Crippen molar-refractivity contribution in [2.45, 2.75) is 24.9 Å². The first-order chi connectivity index (χ1) is 10.7. The van der Waals surface area contributed by atoms with E-state index in [0.717, 1.165) is 11.1 Å². The van der Waals surface area contributed by atoms with Crippen LogP contribution in [0.15, 0.2) is 48.5 Å². The maximum Gasteiger partial charge on any atom is 0.314 e. The fourth-order valence-corrected chi connectivity index (χ4v) is 3.26. The van der Waals surface area contributed by atoms with Gasteiger partial charge in [0.25, 0.3) is 0 Å². The van der Waals surface area contributed by atoms with Gasteiger partial charge in [0.1, 0.15) is 5.60 Å². The lowest BCUT2D eigenvalue weighted by molar-refractivity contribution is -0.148. The van der Waals surface area contributed by atoms with Crippen LogP contribution in [0.25, 0.3) is 0 Å². The highest BCUT2D eigenvalue weighted by atomic mass is 16.7. The van der Waals surface area contributed by atoms with Crippen LogP contribution in [0, 0.1) is 0 Å². The van der Waals surface area contributed by atoms with E-state index < -0.39 is 5.60 Å². The molecule has 2 aliphatic heterocycles. The first-order valence-electron chi connectivity index (χ1n) is 7.34. The minimum atomic E-state index is -0.698. The predicted molar refractivity (Wildman–Crippen MR) is 79.8 cm³/mol. The average Bonchev–Trinajstić information content (AvgIpc) is 3.12. The minimum Gasteiger partial charge on any atom is -0.454 e. The van der Waals surface area contributed by atoms with Gasteiger partial charge in [0.2, 0.25) is 6.79 Å². The van der Waals surface area contributed by atoms with Crippen LogP contribution in [0.4, 0.5) is 0 Å². The Bertz CT molecular complexity index is 725. The first-order valence-corrected chi connectivity index (χ1v) is 7.34. The standard InChI is InChI=1S/C18H16O4/c1-18(14-8-5-9-15-16(14)21-11-20-15)10-13(17(19)22-18)12-6-3-2-4-7-12/h2-9,13H,10-11H2,1H3/t13-,18+/m1/s1. The summed E-state index contributed by atoms with van der Waals surface area (Å²) in [4.78, 5) is 12.4. The Morgan fingerprint density at radius 3 is 2.68 bits per heavy atom. The molecular formula is C18H16O4. The van der Waals surface area contributed by atoms with E-state index in [-0.39, 0.29) is 18.7 Å². The van der Waals surface area contributed by atoms with Crippen molar-refractivity contribution in [1.82, 2.24) is 0 Å². The molecule has 112 valence electrons. The van der Waals surface area contributed by atoms with Crippen LogP contribution in [0.2, 0.25) is 0 Å². The second-order valence-electron chi connectivity index (χ2n) is 5.86. The number of para-hydroxylation sites is 1. The number of rotatable bonds is 2. The van der Waals surface area contributed by atoms with E-state index in [1.54, 1.807) is 0 Å². The molecule has 0 saturated carbocycles. The zero-order chi connectivity index (χ0) is 15.2. The van der Waals surface area contributed by atoms with Gasteiger partial charge in [-0.25, -0.2) is 0 Å².